The molecule has 0 saturated heterocycles. The number of halogens is 4. The zero-order valence-electron chi connectivity index (χ0n) is 12.5. The summed E-state index contributed by atoms with van der Waals surface area (Å²) in [5.74, 6) is -0.544. The van der Waals surface area contributed by atoms with Crippen LogP contribution in [0.4, 0.5) is 18.9 Å². The van der Waals surface area contributed by atoms with Crippen LogP contribution < -0.4 is 15.8 Å². The first-order valence-corrected chi connectivity index (χ1v) is 7.75. The highest BCUT2D eigenvalue weighted by Crippen LogP contribution is 2.17. The minimum absolute atomic E-state index is 0. The van der Waals surface area contributed by atoms with Crippen LogP contribution >= 0.6 is 12.4 Å². The van der Waals surface area contributed by atoms with Crippen LogP contribution in [0.3, 0.4) is 0 Å². The van der Waals surface area contributed by atoms with Gasteiger partial charge in [-0.3, -0.25) is 4.79 Å². The minimum atomic E-state index is -4.65. The Labute approximate surface area is 143 Å². The first-order chi connectivity index (χ1) is 10.5. The number of sulfonamides is 1. The Morgan fingerprint density at radius 2 is 1.83 bits per heavy atom. The highest BCUT2D eigenvalue weighted by molar-refractivity contribution is 7.89. The molecule has 1 aromatic rings. The van der Waals surface area contributed by atoms with Gasteiger partial charge in [0.1, 0.15) is 12.6 Å². The number of methoxy groups -OCH3 is 1. The Bertz CT molecular complexity index is 638. The van der Waals surface area contributed by atoms with Crippen molar-refractivity contribution in [1.29, 1.82) is 0 Å². The van der Waals surface area contributed by atoms with E-state index >= 15 is 0 Å². The number of carbonyl (C=O) groups is 1. The van der Waals surface area contributed by atoms with E-state index in [-0.39, 0.29) is 29.6 Å². The number of nitrogens with one attached hydrogen (secondary N) is 2. The van der Waals surface area contributed by atoms with Crippen LogP contribution in [0.2, 0.25) is 0 Å². The molecular formula is C12H17ClF3N3O4S. The number of hydrogen-bond donors (Lipinski definition) is 3. The van der Waals surface area contributed by atoms with Crippen molar-refractivity contribution in [3.8, 4) is 0 Å². The summed E-state index contributed by atoms with van der Waals surface area (Å²) in [6.07, 6.45) is -4.65. The maximum Gasteiger partial charge on any atom is 0.402 e. The zero-order chi connectivity index (χ0) is 17.7. The summed E-state index contributed by atoms with van der Waals surface area (Å²) >= 11 is 0. The average Bonchev–Trinajstić information content (AvgIpc) is 2.45. The number of anilines is 1. The van der Waals surface area contributed by atoms with E-state index in [2.05, 4.69) is 5.32 Å². The standard InChI is InChI=1S/C12H16F3N3O4S.ClH/c1-22-6-10(16)11(19)18-8-2-4-9(5-3-8)23(20,21)17-7-12(13,14)15;/h2-5,10,17H,6-7,16H2,1H3,(H,18,19);1H. The molecule has 4 N–H and O–H groups in total. The molecule has 1 rings (SSSR count). The summed E-state index contributed by atoms with van der Waals surface area (Å²) in [6, 6.07) is 3.70. The molecule has 0 bridgehead atoms. The summed E-state index contributed by atoms with van der Waals surface area (Å²) in [5.41, 5.74) is 5.75. The minimum Gasteiger partial charge on any atom is -0.383 e. The lowest BCUT2D eigenvalue weighted by molar-refractivity contribution is -0.121. The number of nitrogens with two attached hydrogens (primary N) is 1. The second-order valence-corrected chi connectivity index (χ2v) is 6.28. The monoisotopic (exact) mass is 391 g/mol. The molecule has 0 spiro atoms. The number of benzene rings is 1. The third-order valence-corrected chi connectivity index (χ3v) is 3.99. The average molecular weight is 392 g/mol. The molecule has 0 aliphatic heterocycles. The maximum atomic E-state index is 12.1. The second-order valence-electron chi connectivity index (χ2n) is 4.52. The van der Waals surface area contributed by atoms with E-state index in [4.69, 9.17) is 10.5 Å². The van der Waals surface area contributed by atoms with Crippen LogP contribution in [0, 0.1) is 0 Å². The van der Waals surface area contributed by atoms with Crippen LogP contribution in [0.25, 0.3) is 0 Å². The molecule has 1 unspecified atom stereocenters. The van der Waals surface area contributed by atoms with Crippen LogP contribution in [0.15, 0.2) is 29.2 Å². The van der Waals surface area contributed by atoms with Crippen LogP contribution in [-0.2, 0) is 19.6 Å². The van der Waals surface area contributed by atoms with Crippen molar-refractivity contribution in [3.05, 3.63) is 24.3 Å². The summed E-state index contributed by atoms with van der Waals surface area (Å²) in [4.78, 5) is 11.3. The van der Waals surface area contributed by atoms with Gasteiger partial charge < -0.3 is 15.8 Å². The van der Waals surface area contributed by atoms with E-state index in [1.54, 1.807) is 0 Å². The Morgan fingerprint density at radius 1 is 1.29 bits per heavy atom. The third kappa shape index (κ3) is 7.45. The topological polar surface area (TPSA) is 111 Å². The molecule has 0 aromatic heterocycles. The van der Waals surface area contributed by atoms with E-state index in [0.29, 0.717) is 0 Å². The lowest BCUT2D eigenvalue weighted by Crippen LogP contribution is -2.39. The number of rotatable bonds is 7. The number of carbonyl (C=O) groups excluding carboxylic acids is 1. The summed E-state index contributed by atoms with van der Waals surface area (Å²) in [5, 5.41) is 2.42. The number of ether oxygens (including phenoxy) is 1. The highest BCUT2D eigenvalue weighted by atomic mass is 35.5. The predicted octanol–water partition coefficient (Wildman–Crippen LogP) is 0.861. The van der Waals surface area contributed by atoms with Gasteiger partial charge in [-0.1, -0.05) is 0 Å². The molecule has 0 aliphatic rings. The first-order valence-electron chi connectivity index (χ1n) is 6.27. The van der Waals surface area contributed by atoms with Gasteiger partial charge in [-0.2, -0.15) is 13.2 Å². The van der Waals surface area contributed by atoms with Crippen molar-refractivity contribution < 1.29 is 31.1 Å². The molecule has 0 aliphatic carbocycles. The lowest BCUT2D eigenvalue weighted by atomic mass is 10.2. The Hall–Kier alpha value is -1.40. The van der Waals surface area contributed by atoms with Gasteiger partial charge in [0.05, 0.1) is 11.5 Å². The molecule has 0 fully saturated rings. The second kappa shape index (κ2) is 9.18. The summed E-state index contributed by atoms with van der Waals surface area (Å²) < 4.78 is 65.6. The molecule has 0 heterocycles. The summed E-state index contributed by atoms with van der Waals surface area (Å²) in [7, 11) is -2.92. The molecular weight excluding hydrogens is 375 g/mol. The summed E-state index contributed by atoms with van der Waals surface area (Å²) in [6.45, 7) is -1.67. The smallest absolute Gasteiger partial charge is 0.383 e. The van der Waals surface area contributed by atoms with Crippen molar-refractivity contribution in [2.45, 2.75) is 17.1 Å². The third-order valence-electron chi connectivity index (χ3n) is 2.58. The molecule has 0 saturated carbocycles. The van der Waals surface area contributed by atoms with Gasteiger partial charge in [0, 0.05) is 12.8 Å². The normalized spacial score (nSPS) is 13.0. The number of amides is 1. The van der Waals surface area contributed by atoms with Gasteiger partial charge >= 0.3 is 6.18 Å². The number of hydrogen-bond acceptors (Lipinski definition) is 5. The van der Waals surface area contributed by atoms with Gasteiger partial charge in [-0.15, -0.1) is 12.4 Å². The molecule has 7 nitrogen and oxygen atoms in total. The van der Waals surface area contributed by atoms with Crippen molar-refractivity contribution in [1.82, 2.24) is 4.72 Å². The van der Waals surface area contributed by atoms with Crippen LogP contribution in [-0.4, -0.2) is 46.8 Å². The Morgan fingerprint density at radius 3 is 2.29 bits per heavy atom. The van der Waals surface area contributed by atoms with E-state index in [9.17, 15) is 26.4 Å². The molecule has 12 heteroatoms. The highest BCUT2D eigenvalue weighted by Gasteiger charge is 2.30. The van der Waals surface area contributed by atoms with Crippen molar-refractivity contribution in [3.63, 3.8) is 0 Å². The Kier molecular flexibility index (Phi) is 8.64. The van der Waals surface area contributed by atoms with E-state index in [1.807, 2.05) is 0 Å². The van der Waals surface area contributed by atoms with Gasteiger partial charge in [-0.25, -0.2) is 13.1 Å². The Balaban J connectivity index is 0.00000529. The molecule has 0 radical (unpaired) electrons. The van der Waals surface area contributed by atoms with Crippen LogP contribution in [0.1, 0.15) is 0 Å². The van der Waals surface area contributed by atoms with Crippen molar-refractivity contribution in [2.75, 3.05) is 25.6 Å². The number of alkyl halides is 3. The van der Waals surface area contributed by atoms with E-state index in [0.717, 1.165) is 12.1 Å². The maximum absolute atomic E-state index is 12.1. The van der Waals surface area contributed by atoms with Crippen molar-refractivity contribution in [2.24, 2.45) is 5.73 Å². The van der Waals surface area contributed by atoms with Gasteiger partial charge in [0.2, 0.25) is 15.9 Å². The van der Waals surface area contributed by atoms with Gasteiger partial charge in [0.25, 0.3) is 0 Å². The molecule has 1 amide bonds. The SMILES string of the molecule is COCC(N)C(=O)Nc1ccc(S(=O)(=O)NCC(F)(F)F)cc1.Cl. The van der Waals surface area contributed by atoms with Gasteiger partial charge in [0.15, 0.2) is 0 Å². The lowest BCUT2D eigenvalue weighted by Gasteiger charge is -2.12. The fourth-order valence-corrected chi connectivity index (χ4v) is 2.48. The zero-order valence-corrected chi connectivity index (χ0v) is 14.1. The van der Waals surface area contributed by atoms with Crippen molar-refractivity contribution >= 4 is 34.0 Å². The molecule has 24 heavy (non-hydrogen) atoms. The molecule has 1 atom stereocenters. The van der Waals surface area contributed by atoms with E-state index in [1.165, 1.54) is 24.0 Å². The first kappa shape index (κ1) is 22.6. The predicted molar refractivity (Wildman–Crippen MR) is 83.4 cm³/mol. The fourth-order valence-electron chi connectivity index (χ4n) is 1.47. The fraction of sp³-hybridized carbons (Fsp3) is 0.417. The molecule has 1 aromatic carbocycles. The van der Waals surface area contributed by atoms with E-state index < -0.39 is 34.7 Å². The quantitative estimate of drug-likeness (QED) is 0.638. The van der Waals surface area contributed by atoms with Crippen LogP contribution in [0.5, 0.6) is 0 Å². The largest absolute Gasteiger partial charge is 0.402 e. The molecule has 138 valence electrons. The van der Waals surface area contributed by atoms with Gasteiger partial charge in [-0.05, 0) is 24.3 Å².